The lowest BCUT2D eigenvalue weighted by atomic mass is 9.76. The number of anilines is 1. The Morgan fingerprint density at radius 3 is 2.41 bits per heavy atom. The predicted molar refractivity (Wildman–Crippen MR) is 102 cm³/mol. The van der Waals surface area contributed by atoms with Gasteiger partial charge in [-0.05, 0) is 49.9 Å². The third-order valence-corrected chi connectivity index (χ3v) is 5.53. The van der Waals surface area contributed by atoms with E-state index in [1.165, 1.54) is 0 Å². The molecule has 0 aromatic heterocycles. The van der Waals surface area contributed by atoms with Crippen LogP contribution in [-0.2, 0) is 14.4 Å². The molecule has 8 nitrogen and oxygen atoms in total. The topological polar surface area (TPSA) is 116 Å². The van der Waals surface area contributed by atoms with Crippen molar-refractivity contribution in [1.29, 1.82) is 0 Å². The molecular formula is C18H21BrN4O4. The summed E-state index contributed by atoms with van der Waals surface area (Å²) >= 11 is 3.33. The van der Waals surface area contributed by atoms with E-state index in [4.69, 9.17) is 0 Å². The van der Waals surface area contributed by atoms with E-state index < -0.39 is 11.6 Å². The van der Waals surface area contributed by atoms with Gasteiger partial charge >= 0.3 is 6.03 Å². The van der Waals surface area contributed by atoms with E-state index in [1.54, 1.807) is 12.1 Å². The van der Waals surface area contributed by atoms with E-state index in [0.29, 0.717) is 31.4 Å². The Balaban J connectivity index is 1.39. The van der Waals surface area contributed by atoms with Crippen molar-refractivity contribution in [2.45, 2.75) is 37.6 Å². The Bertz CT molecular complexity index is 757. The smallest absolute Gasteiger partial charge is 0.322 e. The van der Waals surface area contributed by atoms with Crippen LogP contribution < -0.4 is 21.3 Å². The fourth-order valence-electron chi connectivity index (χ4n) is 3.45. The Hall–Kier alpha value is -2.42. The summed E-state index contributed by atoms with van der Waals surface area (Å²) in [7, 11) is 0. The highest BCUT2D eigenvalue weighted by atomic mass is 79.9. The molecule has 4 N–H and O–H groups in total. The number of imide groups is 1. The van der Waals surface area contributed by atoms with E-state index in [9.17, 15) is 19.2 Å². The van der Waals surface area contributed by atoms with Gasteiger partial charge in [0.1, 0.15) is 5.54 Å². The summed E-state index contributed by atoms with van der Waals surface area (Å²) in [5, 5.41) is 10.5. The fourth-order valence-corrected chi connectivity index (χ4v) is 3.72. The monoisotopic (exact) mass is 436 g/mol. The van der Waals surface area contributed by atoms with Crippen molar-refractivity contribution in [2.24, 2.45) is 5.92 Å². The largest absolute Gasteiger partial charge is 0.355 e. The Morgan fingerprint density at radius 2 is 1.81 bits per heavy atom. The van der Waals surface area contributed by atoms with Crippen LogP contribution in [0.5, 0.6) is 0 Å². The molecule has 9 heteroatoms. The summed E-state index contributed by atoms with van der Waals surface area (Å²) in [6.07, 6.45) is 2.09. The number of hydrogen-bond acceptors (Lipinski definition) is 4. The number of urea groups is 1. The quantitative estimate of drug-likeness (QED) is 0.525. The van der Waals surface area contributed by atoms with E-state index in [0.717, 1.165) is 4.47 Å². The van der Waals surface area contributed by atoms with Crippen molar-refractivity contribution in [3.05, 3.63) is 28.7 Å². The van der Waals surface area contributed by atoms with E-state index in [2.05, 4.69) is 37.2 Å². The molecule has 2 fully saturated rings. The minimum absolute atomic E-state index is 0.119. The number of benzene rings is 1. The molecule has 1 saturated heterocycles. The van der Waals surface area contributed by atoms with Gasteiger partial charge in [-0.15, -0.1) is 0 Å². The van der Waals surface area contributed by atoms with Gasteiger partial charge in [0.2, 0.25) is 11.8 Å². The van der Waals surface area contributed by atoms with E-state index in [1.807, 2.05) is 12.1 Å². The van der Waals surface area contributed by atoms with Gasteiger partial charge in [-0.25, -0.2) is 4.79 Å². The van der Waals surface area contributed by atoms with Crippen LogP contribution >= 0.6 is 15.9 Å². The van der Waals surface area contributed by atoms with Crippen LogP contribution in [0.25, 0.3) is 0 Å². The molecule has 1 heterocycles. The molecular weight excluding hydrogens is 416 g/mol. The van der Waals surface area contributed by atoms with Gasteiger partial charge in [-0.3, -0.25) is 19.7 Å². The summed E-state index contributed by atoms with van der Waals surface area (Å²) in [6.45, 7) is 0.250. The first-order chi connectivity index (χ1) is 12.9. The summed E-state index contributed by atoms with van der Waals surface area (Å²) in [5.41, 5.74) is -0.165. The van der Waals surface area contributed by atoms with Gasteiger partial charge in [-0.2, -0.15) is 0 Å². The summed E-state index contributed by atoms with van der Waals surface area (Å²) in [6, 6.07) is 6.77. The van der Waals surface area contributed by atoms with Crippen LogP contribution in [0, 0.1) is 5.92 Å². The molecule has 1 aliphatic heterocycles. The van der Waals surface area contributed by atoms with E-state index >= 15 is 0 Å². The number of nitrogens with one attached hydrogen (secondary N) is 4. The maximum absolute atomic E-state index is 12.3. The van der Waals surface area contributed by atoms with Crippen LogP contribution in [0.2, 0.25) is 0 Å². The Morgan fingerprint density at radius 1 is 1.15 bits per heavy atom. The van der Waals surface area contributed by atoms with Crippen LogP contribution in [-0.4, -0.2) is 35.8 Å². The molecule has 0 bridgehead atoms. The van der Waals surface area contributed by atoms with Crippen LogP contribution in [0.3, 0.4) is 0 Å². The number of hydrogen-bond donors (Lipinski definition) is 4. The number of rotatable bonds is 5. The summed E-state index contributed by atoms with van der Waals surface area (Å²) in [4.78, 5) is 47.5. The van der Waals surface area contributed by atoms with Gasteiger partial charge in [0.15, 0.2) is 0 Å². The molecule has 0 atom stereocenters. The highest BCUT2D eigenvalue weighted by Gasteiger charge is 2.48. The van der Waals surface area contributed by atoms with Gasteiger partial charge in [0.05, 0.1) is 0 Å². The van der Waals surface area contributed by atoms with Gasteiger partial charge in [0.25, 0.3) is 5.91 Å². The second kappa shape index (κ2) is 8.08. The Labute approximate surface area is 165 Å². The maximum atomic E-state index is 12.3. The minimum atomic E-state index is -0.863. The third-order valence-electron chi connectivity index (χ3n) is 5.00. The van der Waals surface area contributed by atoms with Gasteiger partial charge in [0, 0.05) is 29.0 Å². The predicted octanol–water partition coefficient (Wildman–Crippen LogP) is 1.66. The number of amides is 5. The molecule has 5 amide bonds. The minimum Gasteiger partial charge on any atom is -0.355 e. The zero-order valence-electron chi connectivity index (χ0n) is 14.6. The van der Waals surface area contributed by atoms with Gasteiger partial charge < -0.3 is 16.0 Å². The molecule has 0 radical (unpaired) electrons. The lowest BCUT2D eigenvalue weighted by Gasteiger charge is -2.33. The normalized spacial score (nSPS) is 24.3. The average molecular weight is 437 g/mol. The van der Waals surface area contributed by atoms with Crippen molar-refractivity contribution < 1.29 is 19.2 Å². The van der Waals surface area contributed by atoms with Crippen LogP contribution in [0.15, 0.2) is 28.7 Å². The molecule has 0 unspecified atom stereocenters. The Kier molecular flexibility index (Phi) is 5.79. The lowest BCUT2D eigenvalue weighted by Crippen LogP contribution is -2.51. The van der Waals surface area contributed by atoms with Crippen molar-refractivity contribution in [1.82, 2.24) is 16.0 Å². The maximum Gasteiger partial charge on any atom is 0.322 e. The lowest BCUT2D eigenvalue weighted by molar-refractivity contribution is -0.130. The molecule has 1 spiro atoms. The first-order valence-electron chi connectivity index (χ1n) is 8.85. The second-order valence-corrected chi connectivity index (χ2v) is 7.78. The third kappa shape index (κ3) is 4.65. The van der Waals surface area contributed by atoms with Crippen molar-refractivity contribution in [3.8, 4) is 0 Å². The first kappa shape index (κ1) is 19.3. The van der Waals surface area contributed by atoms with Gasteiger partial charge in [-0.1, -0.05) is 15.9 Å². The molecule has 1 aromatic carbocycles. The highest BCUT2D eigenvalue weighted by molar-refractivity contribution is 9.10. The standard InChI is InChI=1S/C18H21BrN4O4/c19-12-1-3-13(4-2-12)21-14(24)7-10-20-15(25)11-5-8-18(9-6-11)16(26)22-17(27)23-18/h1-4,11H,5-10H2,(H,20,25)(H,21,24)(H2,22,23,26,27). The van der Waals surface area contributed by atoms with Crippen molar-refractivity contribution >= 4 is 45.4 Å². The molecule has 1 aliphatic carbocycles. The molecule has 3 rings (SSSR count). The van der Waals surface area contributed by atoms with Crippen LogP contribution in [0.1, 0.15) is 32.1 Å². The molecule has 144 valence electrons. The fraction of sp³-hybridized carbons (Fsp3) is 0.444. The van der Waals surface area contributed by atoms with Crippen LogP contribution in [0.4, 0.5) is 10.5 Å². The first-order valence-corrected chi connectivity index (χ1v) is 9.64. The van der Waals surface area contributed by atoms with E-state index in [-0.39, 0.29) is 36.6 Å². The number of halogens is 1. The second-order valence-electron chi connectivity index (χ2n) is 6.86. The molecule has 1 saturated carbocycles. The zero-order valence-corrected chi connectivity index (χ0v) is 16.2. The SMILES string of the molecule is O=C(CCNC(=O)C1CCC2(CC1)NC(=O)NC2=O)Nc1ccc(Br)cc1. The highest BCUT2D eigenvalue weighted by Crippen LogP contribution is 2.34. The zero-order chi connectivity index (χ0) is 19.4. The number of carbonyl (C=O) groups is 4. The summed E-state index contributed by atoms with van der Waals surface area (Å²) in [5.74, 6) is -0.817. The average Bonchev–Trinajstić information content (AvgIpc) is 2.90. The summed E-state index contributed by atoms with van der Waals surface area (Å²) < 4.78 is 0.927. The van der Waals surface area contributed by atoms with Crippen molar-refractivity contribution in [3.63, 3.8) is 0 Å². The molecule has 2 aliphatic rings. The molecule has 27 heavy (non-hydrogen) atoms. The van der Waals surface area contributed by atoms with Crippen molar-refractivity contribution in [2.75, 3.05) is 11.9 Å². The number of carbonyl (C=O) groups excluding carboxylic acids is 4. The molecule has 1 aromatic rings.